The molecule has 2 atom stereocenters. The Morgan fingerprint density at radius 1 is 0.854 bits per heavy atom. The van der Waals surface area contributed by atoms with E-state index in [-0.39, 0.29) is 40.9 Å². The van der Waals surface area contributed by atoms with Crippen LogP contribution >= 0.6 is 11.6 Å². The third-order valence-electron chi connectivity index (χ3n) is 7.35. The van der Waals surface area contributed by atoms with Crippen LogP contribution in [0.3, 0.4) is 0 Å². The standard InChI is InChI=1S/C33H34ClN7O7/c1-33(2,3)48-32(47)38-22-14-21(37-31(45)46)16-41(17-22)26-15-25(28(34)40-39-26)30(44)36-20-11-9-19(10-12-20)35-29(43)24-13-8-18-6-4-5-7-23(18)27(24)42/h4-13,15,21-22,37,42H,14,16-17H2,1-3H3,(H,35,43)(H,36,44)(H,38,47)(H,45,46). The summed E-state index contributed by atoms with van der Waals surface area (Å²) < 4.78 is 5.35. The number of aromatic nitrogens is 2. The molecule has 250 valence electrons. The Bertz CT molecular complexity index is 1860. The topological polar surface area (TPSA) is 195 Å². The number of ether oxygens (including phenoxy) is 1. The van der Waals surface area contributed by atoms with E-state index in [1.165, 1.54) is 6.07 Å². The summed E-state index contributed by atoms with van der Waals surface area (Å²) in [6, 6.07) is 17.2. The highest BCUT2D eigenvalue weighted by Gasteiger charge is 2.32. The number of nitrogens with one attached hydrogen (secondary N) is 4. The number of carboxylic acid groups (broad SMARTS) is 1. The number of hydrogen-bond acceptors (Lipinski definition) is 9. The molecule has 1 aliphatic heterocycles. The van der Waals surface area contributed by atoms with E-state index in [0.717, 1.165) is 5.39 Å². The molecular formula is C33H34ClN7O7. The van der Waals surface area contributed by atoms with E-state index in [1.807, 2.05) is 12.1 Å². The summed E-state index contributed by atoms with van der Waals surface area (Å²) >= 11 is 6.26. The number of carbonyl (C=O) groups is 4. The van der Waals surface area contributed by atoms with E-state index >= 15 is 0 Å². The highest BCUT2D eigenvalue weighted by atomic mass is 35.5. The molecule has 5 rings (SSSR count). The minimum Gasteiger partial charge on any atom is -0.506 e. The van der Waals surface area contributed by atoms with Crippen LogP contribution in [0.1, 0.15) is 47.9 Å². The number of nitrogens with zero attached hydrogens (tertiary/aromatic N) is 3. The van der Waals surface area contributed by atoms with Crippen molar-refractivity contribution in [1.29, 1.82) is 0 Å². The summed E-state index contributed by atoms with van der Waals surface area (Å²) in [5.74, 6) is -0.967. The Morgan fingerprint density at radius 3 is 2.08 bits per heavy atom. The number of benzene rings is 3. The summed E-state index contributed by atoms with van der Waals surface area (Å²) in [7, 11) is 0. The van der Waals surface area contributed by atoms with Gasteiger partial charge in [0.15, 0.2) is 11.0 Å². The van der Waals surface area contributed by atoms with Crippen molar-refractivity contribution in [3.63, 3.8) is 0 Å². The molecule has 2 unspecified atom stereocenters. The first-order chi connectivity index (χ1) is 22.8. The highest BCUT2D eigenvalue weighted by molar-refractivity contribution is 6.33. The maximum atomic E-state index is 13.3. The van der Waals surface area contributed by atoms with Gasteiger partial charge in [0.1, 0.15) is 11.4 Å². The first-order valence-electron chi connectivity index (χ1n) is 15.0. The zero-order valence-corrected chi connectivity index (χ0v) is 27.0. The zero-order chi connectivity index (χ0) is 34.6. The number of phenols is 1. The van der Waals surface area contributed by atoms with E-state index in [4.69, 9.17) is 16.3 Å². The Hall–Kier alpha value is -5.63. The number of phenolic OH excluding ortho intramolecular Hbond substituents is 1. The minimum absolute atomic E-state index is 0.00999. The van der Waals surface area contributed by atoms with Gasteiger partial charge in [-0.3, -0.25) is 9.59 Å². The maximum Gasteiger partial charge on any atom is 0.407 e. The van der Waals surface area contributed by atoms with Crippen molar-refractivity contribution in [3.8, 4) is 5.75 Å². The van der Waals surface area contributed by atoms with E-state index in [1.54, 1.807) is 74.2 Å². The summed E-state index contributed by atoms with van der Waals surface area (Å²) in [6.45, 7) is 5.63. The van der Waals surface area contributed by atoms with Crippen molar-refractivity contribution in [2.75, 3.05) is 28.6 Å². The first-order valence-corrected chi connectivity index (χ1v) is 15.3. The van der Waals surface area contributed by atoms with Crippen LogP contribution in [0.25, 0.3) is 10.8 Å². The average molecular weight is 676 g/mol. The minimum atomic E-state index is -1.22. The fourth-order valence-electron chi connectivity index (χ4n) is 5.30. The monoisotopic (exact) mass is 675 g/mol. The second kappa shape index (κ2) is 14.0. The zero-order valence-electron chi connectivity index (χ0n) is 26.3. The van der Waals surface area contributed by atoms with Gasteiger partial charge in [-0.05, 0) is 69.0 Å². The van der Waals surface area contributed by atoms with Gasteiger partial charge in [-0.15, -0.1) is 10.2 Å². The Balaban J connectivity index is 1.26. The molecule has 3 aromatic carbocycles. The molecule has 6 N–H and O–H groups in total. The van der Waals surface area contributed by atoms with E-state index in [2.05, 4.69) is 31.5 Å². The van der Waals surface area contributed by atoms with Crippen molar-refractivity contribution in [2.24, 2.45) is 0 Å². The van der Waals surface area contributed by atoms with Crippen molar-refractivity contribution in [1.82, 2.24) is 20.8 Å². The molecule has 0 bridgehead atoms. The normalized spacial score (nSPS) is 16.1. The van der Waals surface area contributed by atoms with Crippen LogP contribution in [0.15, 0.2) is 66.7 Å². The number of rotatable bonds is 7. The van der Waals surface area contributed by atoms with E-state index in [0.29, 0.717) is 23.2 Å². The molecule has 1 aromatic heterocycles. The molecule has 0 radical (unpaired) electrons. The molecule has 1 aliphatic rings. The van der Waals surface area contributed by atoms with Gasteiger partial charge >= 0.3 is 12.2 Å². The first kappa shape index (κ1) is 33.7. The number of hydrogen-bond donors (Lipinski definition) is 6. The molecule has 0 aliphatic carbocycles. The SMILES string of the molecule is CC(C)(C)OC(=O)NC1CC(NC(=O)O)CN(c2cc(C(=O)Nc3ccc(NC(=O)c4ccc5ccccc5c4O)cc3)c(Cl)nn2)C1. The van der Waals surface area contributed by atoms with Crippen LogP contribution < -0.4 is 26.2 Å². The Morgan fingerprint density at radius 2 is 1.46 bits per heavy atom. The van der Waals surface area contributed by atoms with Gasteiger partial charge in [0.05, 0.1) is 23.2 Å². The van der Waals surface area contributed by atoms with Gasteiger partial charge < -0.3 is 41.1 Å². The second-order valence-corrected chi connectivity index (χ2v) is 12.6. The van der Waals surface area contributed by atoms with E-state index < -0.39 is 41.7 Å². The van der Waals surface area contributed by atoms with Crippen LogP contribution in [0.5, 0.6) is 5.75 Å². The number of anilines is 3. The molecule has 0 spiro atoms. The number of amides is 4. The largest absolute Gasteiger partial charge is 0.506 e. The molecule has 4 amide bonds. The lowest BCUT2D eigenvalue weighted by Gasteiger charge is -2.38. The molecule has 15 heteroatoms. The molecule has 14 nitrogen and oxygen atoms in total. The average Bonchev–Trinajstić information content (AvgIpc) is 3.01. The molecule has 2 heterocycles. The number of aromatic hydroxyl groups is 1. The third-order valence-corrected chi connectivity index (χ3v) is 7.63. The molecule has 48 heavy (non-hydrogen) atoms. The van der Waals surface area contributed by atoms with Gasteiger partial charge in [0.25, 0.3) is 11.8 Å². The quantitative estimate of drug-likeness (QED) is 0.151. The Labute approximate surface area is 280 Å². The van der Waals surface area contributed by atoms with Crippen molar-refractivity contribution in [3.05, 3.63) is 83.0 Å². The Kier molecular flexibility index (Phi) is 9.84. The lowest BCUT2D eigenvalue weighted by Crippen LogP contribution is -2.57. The third kappa shape index (κ3) is 8.39. The van der Waals surface area contributed by atoms with E-state index in [9.17, 15) is 29.4 Å². The number of fused-ring (bicyclic) bond motifs is 1. The summed E-state index contributed by atoms with van der Waals surface area (Å²) in [5.41, 5.74) is 0.229. The van der Waals surface area contributed by atoms with Gasteiger partial charge in [-0.25, -0.2) is 9.59 Å². The molecule has 4 aromatic rings. The predicted octanol–water partition coefficient (Wildman–Crippen LogP) is 5.23. The van der Waals surface area contributed by atoms with Crippen LogP contribution in [-0.4, -0.2) is 75.2 Å². The van der Waals surface area contributed by atoms with Gasteiger partial charge in [-0.2, -0.15) is 0 Å². The smallest absolute Gasteiger partial charge is 0.407 e. The number of halogens is 1. The summed E-state index contributed by atoms with van der Waals surface area (Å²) in [6.07, 6.45) is -1.57. The molecule has 0 saturated carbocycles. The van der Waals surface area contributed by atoms with Crippen LogP contribution in [0, 0.1) is 0 Å². The lowest BCUT2D eigenvalue weighted by atomic mass is 10.0. The summed E-state index contributed by atoms with van der Waals surface area (Å²) in [5, 5.41) is 39.9. The van der Waals surface area contributed by atoms with Gasteiger partial charge in [0, 0.05) is 29.9 Å². The second-order valence-electron chi connectivity index (χ2n) is 12.2. The van der Waals surface area contributed by atoms with Crippen molar-refractivity contribution >= 4 is 63.6 Å². The van der Waals surface area contributed by atoms with Gasteiger partial charge in [-0.1, -0.05) is 41.9 Å². The molecule has 1 saturated heterocycles. The highest BCUT2D eigenvalue weighted by Crippen LogP contribution is 2.29. The lowest BCUT2D eigenvalue weighted by molar-refractivity contribution is 0.0496. The van der Waals surface area contributed by atoms with Crippen LogP contribution in [0.4, 0.5) is 26.8 Å². The number of carbonyl (C=O) groups excluding carboxylic acids is 3. The molecular weight excluding hydrogens is 642 g/mol. The predicted molar refractivity (Wildman–Crippen MR) is 180 cm³/mol. The van der Waals surface area contributed by atoms with Crippen LogP contribution in [-0.2, 0) is 4.74 Å². The summed E-state index contributed by atoms with van der Waals surface area (Å²) in [4.78, 5) is 51.7. The van der Waals surface area contributed by atoms with Crippen molar-refractivity contribution < 1.29 is 34.1 Å². The van der Waals surface area contributed by atoms with Crippen molar-refractivity contribution in [2.45, 2.75) is 44.9 Å². The maximum absolute atomic E-state index is 13.3. The fourth-order valence-corrected chi connectivity index (χ4v) is 5.47. The fraction of sp³-hybridized carbons (Fsp3) is 0.273. The number of piperidine rings is 1. The van der Waals surface area contributed by atoms with Gasteiger partial charge in [0.2, 0.25) is 0 Å². The molecule has 1 fully saturated rings. The number of alkyl carbamates (subject to hydrolysis) is 1. The van der Waals surface area contributed by atoms with Crippen LogP contribution in [0.2, 0.25) is 5.15 Å².